The van der Waals surface area contributed by atoms with Gasteiger partial charge in [0.05, 0.1) is 0 Å². The van der Waals surface area contributed by atoms with Crippen molar-refractivity contribution >= 4 is 0 Å². The van der Waals surface area contributed by atoms with Gasteiger partial charge in [-0.05, 0) is 71.1 Å². The Kier molecular flexibility index (Phi) is 4.68. The Hall–Kier alpha value is -0.120. The summed E-state index contributed by atoms with van der Waals surface area (Å²) in [6, 6.07) is 1.68. The lowest BCUT2D eigenvalue weighted by atomic mass is 9.84. The molecule has 3 aliphatic rings. The molecule has 0 unspecified atom stereocenters. The molecule has 116 valence electrons. The van der Waals surface area contributed by atoms with Gasteiger partial charge in [0.25, 0.3) is 0 Å². The van der Waals surface area contributed by atoms with Crippen molar-refractivity contribution in [3.8, 4) is 0 Å². The summed E-state index contributed by atoms with van der Waals surface area (Å²) in [7, 11) is 4.47. The topological polar surface area (TPSA) is 18.5 Å². The molecule has 1 aliphatic heterocycles. The van der Waals surface area contributed by atoms with E-state index in [4.69, 9.17) is 0 Å². The van der Waals surface area contributed by atoms with Gasteiger partial charge >= 0.3 is 0 Å². The van der Waals surface area contributed by atoms with E-state index < -0.39 is 0 Å². The molecule has 2 aliphatic carbocycles. The third kappa shape index (κ3) is 3.75. The second-order valence-electron chi connectivity index (χ2n) is 7.83. The summed E-state index contributed by atoms with van der Waals surface area (Å²) in [6.07, 6.45) is 11.4. The van der Waals surface area contributed by atoms with Crippen LogP contribution in [-0.4, -0.2) is 62.2 Å². The molecule has 0 aromatic rings. The fourth-order valence-corrected chi connectivity index (χ4v) is 4.23. The summed E-state index contributed by atoms with van der Waals surface area (Å²) < 4.78 is 0. The minimum atomic E-state index is 0.605. The van der Waals surface area contributed by atoms with Crippen molar-refractivity contribution in [2.24, 2.45) is 5.41 Å². The van der Waals surface area contributed by atoms with Gasteiger partial charge in [0, 0.05) is 25.2 Å². The average molecular weight is 279 g/mol. The molecule has 1 heterocycles. The van der Waals surface area contributed by atoms with Gasteiger partial charge in [-0.25, -0.2) is 0 Å². The van der Waals surface area contributed by atoms with Gasteiger partial charge in [0.15, 0.2) is 0 Å². The summed E-state index contributed by atoms with van der Waals surface area (Å²) in [5, 5.41) is 3.82. The zero-order chi connectivity index (χ0) is 14.0. The van der Waals surface area contributed by atoms with Crippen LogP contribution in [0, 0.1) is 5.41 Å². The zero-order valence-corrected chi connectivity index (χ0v) is 13.5. The number of piperidine rings is 1. The lowest BCUT2D eigenvalue weighted by Crippen LogP contribution is -2.48. The van der Waals surface area contributed by atoms with Crippen molar-refractivity contribution in [2.75, 3.05) is 40.3 Å². The van der Waals surface area contributed by atoms with Gasteiger partial charge in [-0.15, -0.1) is 0 Å². The molecule has 0 radical (unpaired) electrons. The molecule has 20 heavy (non-hydrogen) atoms. The first kappa shape index (κ1) is 14.8. The molecule has 3 nitrogen and oxygen atoms in total. The number of likely N-dealkylation sites (tertiary alicyclic amines) is 1. The molecule has 0 bridgehead atoms. The van der Waals surface area contributed by atoms with Gasteiger partial charge in [0.1, 0.15) is 0 Å². The Balaban J connectivity index is 1.49. The standard InChI is InChI=1S/C17H33N3/c1-19(2)16-7-11-20(12-8-16)14-17(9-3-4-10-17)13-18-15-5-6-15/h15-16,18H,3-14H2,1-2H3. The zero-order valence-electron chi connectivity index (χ0n) is 13.5. The van der Waals surface area contributed by atoms with Crippen LogP contribution in [0.4, 0.5) is 0 Å². The van der Waals surface area contributed by atoms with Crippen LogP contribution in [0.5, 0.6) is 0 Å². The third-order valence-electron chi connectivity index (χ3n) is 5.85. The predicted octanol–water partition coefficient (Wildman–Crippen LogP) is 2.32. The highest BCUT2D eigenvalue weighted by Crippen LogP contribution is 2.39. The second-order valence-corrected chi connectivity index (χ2v) is 7.83. The summed E-state index contributed by atoms with van der Waals surface area (Å²) in [4.78, 5) is 5.18. The van der Waals surface area contributed by atoms with E-state index in [9.17, 15) is 0 Å². The van der Waals surface area contributed by atoms with Crippen LogP contribution in [0.25, 0.3) is 0 Å². The smallest absolute Gasteiger partial charge is 0.0113 e. The van der Waals surface area contributed by atoms with Crippen LogP contribution in [0.15, 0.2) is 0 Å². The summed E-state index contributed by atoms with van der Waals surface area (Å²) >= 11 is 0. The van der Waals surface area contributed by atoms with Crippen LogP contribution >= 0.6 is 0 Å². The molecule has 0 aromatic carbocycles. The molecule has 1 saturated heterocycles. The maximum atomic E-state index is 3.82. The number of hydrogen-bond donors (Lipinski definition) is 1. The Bertz CT molecular complexity index is 297. The first-order valence-electron chi connectivity index (χ1n) is 8.79. The molecule has 3 heteroatoms. The van der Waals surface area contributed by atoms with Gasteiger partial charge in [-0.3, -0.25) is 0 Å². The Morgan fingerprint density at radius 3 is 2.25 bits per heavy atom. The molecule has 0 spiro atoms. The fraction of sp³-hybridized carbons (Fsp3) is 1.00. The first-order chi connectivity index (χ1) is 9.67. The van der Waals surface area contributed by atoms with E-state index >= 15 is 0 Å². The lowest BCUT2D eigenvalue weighted by Gasteiger charge is -2.40. The number of rotatable bonds is 6. The molecule has 3 fully saturated rings. The summed E-state index contributed by atoms with van der Waals surface area (Å²) in [6.45, 7) is 5.26. The Morgan fingerprint density at radius 2 is 1.70 bits per heavy atom. The number of nitrogens with one attached hydrogen (secondary N) is 1. The van der Waals surface area contributed by atoms with Crippen molar-refractivity contribution in [3.05, 3.63) is 0 Å². The molecular formula is C17H33N3. The lowest BCUT2D eigenvalue weighted by molar-refractivity contribution is 0.0944. The van der Waals surface area contributed by atoms with Crippen molar-refractivity contribution in [2.45, 2.75) is 63.5 Å². The average Bonchev–Trinajstić information content (AvgIpc) is 3.17. The minimum absolute atomic E-state index is 0.605. The van der Waals surface area contributed by atoms with E-state index in [1.54, 1.807) is 0 Å². The van der Waals surface area contributed by atoms with Crippen LogP contribution in [-0.2, 0) is 0 Å². The molecule has 0 aromatic heterocycles. The van der Waals surface area contributed by atoms with E-state index in [-0.39, 0.29) is 0 Å². The van der Waals surface area contributed by atoms with Crippen LogP contribution in [0.3, 0.4) is 0 Å². The Labute approximate surface area is 125 Å². The van der Waals surface area contributed by atoms with Crippen LogP contribution in [0.1, 0.15) is 51.4 Å². The molecule has 2 saturated carbocycles. The molecule has 3 rings (SSSR count). The van der Waals surface area contributed by atoms with Crippen molar-refractivity contribution in [1.82, 2.24) is 15.1 Å². The van der Waals surface area contributed by atoms with E-state index in [0.29, 0.717) is 5.41 Å². The first-order valence-corrected chi connectivity index (χ1v) is 8.79. The van der Waals surface area contributed by atoms with Gasteiger partial charge < -0.3 is 15.1 Å². The highest BCUT2D eigenvalue weighted by molar-refractivity contribution is 4.93. The molecular weight excluding hydrogens is 246 g/mol. The monoisotopic (exact) mass is 279 g/mol. The molecule has 0 amide bonds. The van der Waals surface area contributed by atoms with Gasteiger partial charge in [0.2, 0.25) is 0 Å². The summed E-state index contributed by atoms with van der Waals surface area (Å²) in [5.41, 5.74) is 0.605. The third-order valence-corrected chi connectivity index (χ3v) is 5.85. The van der Waals surface area contributed by atoms with Gasteiger partial charge in [-0.2, -0.15) is 0 Å². The SMILES string of the molecule is CN(C)C1CCN(CC2(CNC3CC3)CCCC2)CC1. The number of hydrogen-bond acceptors (Lipinski definition) is 3. The second kappa shape index (κ2) is 6.33. The van der Waals surface area contributed by atoms with Gasteiger partial charge in [-0.1, -0.05) is 12.8 Å². The largest absolute Gasteiger partial charge is 0.313 e. The normalized spacial score (nSPS) is 28.4. The number of nitrogens with zero attached hydrogens (tertiary/aromatic N) is 2. The van der Waals surface area contributed by atoms with E-state index in [2.05, 4.69) is 29.2 Å². The van der Waals surface area contributed by atoms with Crippen LogP contribution in [0.2, 0.25) is 0 Å². The maximum absolute atomic E-state index is 3.82. The Morgan fingerprint density at radius 1 is 1.05 bits per heavy atom. The van der Waals surface area contributed by atoms with E-state index in [1.165, 1.54) is 77.5 Å². The van der Waals surface area contributed by atoms with Crippen molar-refractivity contribution in [1.29, 1.82) is 0 Å². The minimum Gasteiger partial charge on any atom is -0.313 e. The maximum Gasteiger partial charge on any atom is 0.0113 e. The fourth-order valence-electron chi connectivity index (χ4n) is 4.23. The molecule has 0 atom stereocenters. The van der Waals surface area contributed by atoms with Crippen LogP contribution < -0.4 is 5.32 Å². The summed E-state index contributed by atoms with van der Waals surface area (Å²) in [5.74, 6) is 0. The predicted molar refractivity (Wildman–Crippen MR) is 85.1 cm³/mol. The van der Waals surface area contributed by atoms with Crippen molar-refractivity contribution in [3.63, 3.8) is 0 Å². The quantitative estimate of drug-likeness (QED) is 0.805. The highest BCUT2D eigenvalue weighted by Gasteiger charge is 2.37. The van der Waals surface area contributed by atoms with Crippen molar-refractivity contribution < 1.29 is 0 Å². The van der Waals surface area contributed by atoms with E-state index in [0.717, 1.165) is 12.1 Å². The highest BCUT2D eigenvalue weighted by atomic mass is 15.2. The van der Waals surface area contributed by atoms with E-state index in [1.807, 2.05) is 0 Å². The molecule has 1 N–H and O–H groups in total.